The third-order valence-electron chi connectivity index (χ3n) is 3.68. The summed E-state index contributed by atoms with van der Waals surface area (Å²) in [6, 6.07) is 0. The maximum atomic E-state index is 10.2. The molecule has 2 heterocycles. The van der Waals surface area contributed by atoms with Crippen LogP contribution in [0, 0.1) is 13.8 Å². The molecule has 4 N–H and O–H groups in total. The minimum atomic E-state index is -4.67. The van der Waals surface area contributed by atoms with Crippen molar-refractivity contribution in [2.24, 2.45) is 0 Å². The number of pyridine rings is 2. The summed E-state index contributed by atoms with van der Waals surface area (Å²) in [7, 11) is -1.46. The summed E-state index contributed by atoms with van der Waals surface area (Å²) in [5.41, 5.74) is 4.54. The molecule has 0 atom stereocenters. The highest BCUT2D eigenvalue weighted by Gasteiger charge is 2.13. The van der Waals surface area contributed by atoms with Crippen molar-refractivity contribution in [1.82, 2.24) is 9.97 Å². The van der Waals surface area contributed by atoms with Crippen LogP contribution >= 0.6 is 21.6 Å². The Morgan fingerprint density at radius 2 is 1.21 bits per heavy atom. The van der Waals surface area contributed by atoms with Crippen molar-refractivity contribution in [3.63, 3.8) is 0 Å². The van der Waals surface area contributed by atoms with Gasteiger partial charge in [0.05, 0.1) is 11.4 Å². The molecule has 8 nitrogen and oxygen atoms in total. The number of hydrogen-bond acceptors (Lipinski definition) is 8. The van der Waals surface area contributed by atoms with E-state index in [0.29, 0.717) is 22.9 Å². The molecule has 29 heavy (non-hydrogen) atoms. The average molecular weight is 459 g/mol. The fraction of sp³-hybridized carbons (Fsp3) is 0.222. The van der Waals surface area contributed by atoms with E-state index in [4.69, 9.17) is 17.5 Å². The molecular formula is C18H22N2O6S3. The third-order valence-corrected chi connectivity index (χ3v) is 5.87. The van der Waals surface area contributed by atoms with Crippen LogP contribution in [0.25, 0.3) is 12.2 Å². The molecule has 0 saturated heterocycles. The van der Waals surface area contributed by atoms with Crippen molar-refractivity contribution in [2.75, 3.05) is 0 Å². The molecule has 0 aliphatic heterocycles. The standard InChI is InChI=1S/C18H20N2O2S2.H2O4S/c1-5-13-7-19-11(3)17(21)15(13)9-23-24-10-16-14(6-2)8-20-12(4)18(16)22;1-5(2,3)4/h5-8,21-22H,1-2,9-10H2,3-4H3;(H2,1,2,3,4). The SMILES string of the molecule is C=Cc1cnc(C)c(O)c1CSSCc1c(C=C)cnc(C)c1O.O=S(=O)(O)O. The van der Waals surface area contributed by atoms with Gasteiger partial charge in [-0.05, 0) is 25.0 Å². The van der Waals surface area contributed by atoms with Gasteiger partial charge in [0.15, 0.2) is 0 Å². The molecule has 2 aromatic heterocycles. The zero-order valence-corrected chi connectivity index (χ0v) is 18.3. The van der Waals surface area contributed by atoms with E-state index in [0.717, 1.165) is 22.3 Å². The Kier molecular flexibility index (Phi) is 9.66. The van der Waals surface area contributed by atoms with Gasteiger partial charge >= 0.3 is 10.4 Å². The predicted molar refractivity (Wildman–Crippen MR) is 118 cm³/mol. The van der Waals surface area contributed by atoms with Gasteiger partial charge < -0.3 is 10.2 Å². The Morgan fingerprint density at radius 1 is 0.897 bits per heavy atom. The molecular weight excluding hydrogens is 436 g/mol. The van der Waals surface area contributed by atoms with Crippen molar-refractivity contribution in [3.05, 3.63) is 59.2 Å². The zero-order chi connectivity index (χ0) is 22.2. The van der Waals surface area contributed by atoms with Crippen molar-refractivity contribution in [1.29, 1.82) is 0 Å². The largest absolute Gasteiger partial charge is 0.506 e. The van der Waals surface area contributed by atoms with Crippen LogP contribution in [0.15, 0.2) is 25.6 Å². The number of aryl methyl sites for hydroxylation is 2. The van der Waals surface area contributed by atoms with Gasteiger partial charge in [0.1, 0.15) is 11.5 Å². The van der Waals surface area contributed by atoms with Gasteiger partial charge in [-0.3, -0.25) is 19.1 Å². The Bertz CT molecular complexity index is 920. The second kappa shape index (κ2) is 11.2. The Labute approximate surface area is 177 Å². The van der Waals surface area contributed by atoms with Gasteiger partial charge in [-0.15, -0.1) is 0 Å². The van der Waals surface area contributed by atoms with Crippen LogP contribution < -0.4 is 0 Å². The first-order valence-corrected chi connectivity index (χ1v) is 11.9. The molecule has 2 aromatic rings. The van der Waals surface area contributed by atoms with E-state index in [2.05, 4.69) is 23.1 Å². The highest BCUT2D eigenvalue weighted by molar-refractivity contribution is 8.76. The fourth-order valence-corrected chi connectivity index (χ4v) is 4.39. The minimum Gasteiger partial charge on any atom is -0.506 e. The molecule has 0 radical (unpaired) electrons. The van der Waals surface area contributed by atoms with E-state index < -0.39 is 10.4 Å². The summed E-state index contributed by atoms with van der Waals surface area (Å²) in [6.07, 6.45) is 6.83. The van der Waals surface area contributed by atoms with Crippen molar-refractivity contribution in [3.8, 4) is 11.5 Å². The molecule has 0 fully saturated rings. The summed E-state index contributed by atoms with van der Waals surface area (Å²) in [4.78, 5) is 8.28. The number of nitrogens with zero attached hydrogens (tertiary/aromatic N) is 2. The number of aromatic hydroxyl groups is 2. The average Bonchev–Trinajstić information content (AvgIpc) is 2.64. The molecule has 0 aliphatic rings. The first kappa shape index (κ1) is 25.0. The van der Waals surface area contributed by atoms with Crippen LogP contribution in [0.2, 0.25) is 0 Å². The van der Waals surface area contributed by atoms with Gasteiger partial charge in [0, 0.05) is 35.0 Å². The fourth-order valence-electron chi connectivity index (χ4n) is 2.18. The first-order valence-electron chi connectivity index (χ1n) is 8.03. The molecule has 0 aliphatic carbocycles. The number of aromatic nitrogens is 2. The smallest absolute Gasteiger partial charge is 0.394 e. The molecule has 0 amide bonds. The van der Waals surface area contributed by atoms with Crippen LogP contribution in [0.4, 0.5) is 0 Å². The summed E-state index contributed by atoms with van der Waals surface area (Å²) in [6.45, 7) is 11.1. The molecule has 0 saturated carbocycles. The maximum Gasteiger partial charge on any atom is 0.394 e. The summed E-state index contributed by atoms with van der Waals surface area (Å²) < 4.78 is 31.6. The third kappa shape index (κ3) is 8.07. The molecule has 158 valence electrons. The second-order valence-corrected chi connectivity index (χ2v) is 8.99. The molecule has 0 aromatic carbocycles. The lowest BCUT2D eigenvalue weighted by atomic mass is 10.1. The van der Waals surface area contributed by atoms with Crippen molar-refractivity contribution < 1.29 is 27.7 Å². The van der Waals surface area contributed by atoms with Crippen LogP contribution in [0.1, 0.15) is 33.6 Å². The zero-order valence-electron chi connectivity index (χ0n) is 15.9. The Balaban J connectivity index is 0.000000749. The van der Waals surface area contributed by atoms with Crippen LogP contribution in [-0.2, 0) is 21.9 Å². The highest BCUT2D eigenvalue weighted by Crippen LogP contribution is 2.37. The molecule has 0 bridgehead atoms. The number of rotatable bonds is 7. The van der Waals surface area contributed by atoms with E-state index in [1.807, 2.05) is 0 Å². The van der Waals surface area contributed by atoms with E-state index >= 15 is 0 Å². The molecule has 11 heteroatoms. The number of hydrogen-bond donors (Lipinski definition) is 4. The lowest BCUT2D eigenvalue weighted by molar-refractivity contribution is 0.381. The topological polar surface area (TPSA) is 141 Å². The first-order chi connectivity index (χ1) is 13.5. The van der Waals surface area contributed by atoms with Gasteiger partial charge in [-0.25, -0.2) is 0 Å². The lowest BCUT2D eigenvalue weighted by Crippen LogP contribution is -1.94. The van der Waals surface area contributed by atoms with Gasteiger partial charge in [-0.2, -0.15) is 8.42 Å². The minimum absolute atomic E-state index is 0.217. The molecule has 2 rings (SSSR count). The molecule has 0 spiro atoms. The summed E-state index contributed by atoms with van der Waals surface area (Å²) >= 11 is 0. The van der Waals surface area contributed by atoms with E-state index in [-0.39, 0.29) is 11.5 Å². The van der Waals surface area contributed by atoms with E-state index in [1.165, 1.54) is 0 Å². The lowest BCUT2D eigenvalue weighted by Gasteiger charge is -2.11. The normalized spacial score (nSPS) is 10.8. The van der Waals surface area contributed by atoms with Crippen LogP contribution in [0.3, 0.4) is 0 Å². The predicted octanol–water partition coefficient (Wildman–Crippen LogP) is 4.22. The summed E-state index contributed by atoms with van der Waals surface area (Å²) in [5, 5.41) is 20.4. The second-order valence-electron chi connectivity index (χ2n) is 5.63. The van der Waals surface area contributed by atoms with Crippen LogP contribution in [0.5, 0.6) is 11.5 Å². The van der Waals surface area contributed by atoms with Gasteiger partial charge in [0.2, 0.25) is 0 Å². The van der Waals surface area contributed by atoms with Gasteiger partial charge in [-0.1, -0.05) is 46.9 Å². The van der Waals surface area contributed by atoms with Gasteiger partial charge in [0.25, 0.3) is 0 Å². The monoisotopic (exact) mass is 458 g/mol. The summed E-state index contributed by atoms with van der Waals surface area (Å²) in [5.74, 6) is 1.68. The highest BCUT2D eigenvalue weighted by atomic mass is 33.1. The molecule has 0 unspecified atom stereocenters. The van der Waals surface area contributed by atoms with Crippen LogP contribution in [-0.4, -0.2) is 37.7 Å². The van der Waals surface area contributed by atoms with Crippen molar-refractivity contribution in [2.45, 2.75) is 25.4 Å². The van der Waals surface area contributed by atoms with E-state index in [9.17, 15) is 10.2 Å². The van der Waals surface area contributed by atoms with E-state index in [1.54, 1.807) is 60.0 Å². The Morgan fingerprint density at radius 3 is 1.48 bits per heavy atom. The maximum absolute atomic E-state index is 10.2. The van der Waals surface area contributed by atoms with Crippen molar-refractivity contribution >= 4 is 44.1 Å². The Hall–Kier alpha value is -2.05. The quantitative estimate of drug-likeness (QED) is 0.271.